The normalized spacial score (nSPS) is 24.6. The summed E-state index contributed by atoms with van der Waals surface area (Å²) in [6.07, 6.45) is 5.25. The average Bonchev–Trinajstić information content (AvgIpc) is 2.45. The Morgan fingerprint density at radius 1 is 1.29 bits per heavy atom. The van der Waals surface area contributed by atoms with Crippen LogP contribution in [0.3, 0.4) is 0 Å². The van der Waals surface area contributed by atoms with Crippen molar-refractivity contribution in [3.05, 3.63) is 29.8 Å². The summed E-state index contributed by atoms with van der Waals surface area (Å²) in [4.78, 5) is 13.0. The number of rotatable bonds is 3. The summed E-state index contributed by atoms with van der Waals surface area (Å²) in [6, 6.07) is 7.71. The van der Waals surface area contributed by atoms with Gasteiger partial charge in [-0.05, 0) is 63.6 Å². The summed E-state index contributed by atoms with van der Waals surface area (Å²) >= 11 is 0. The molecular weight excluding hydrogens is 262 g/mol. The first-order chi connectivity index (χ1) is 9.93. The molecule has 1 atom stereocenters. The molecule has 1 aliphatic carbocycles. The van der Waals surface area contributed by atoms with Crippen LogP contribution in [0.4, 0.5) is 5.69 Å². The van der Waals surface area contributed by atoms with Gasteiger partial charge in [0.1, 0.15) is 5.78 Å². The fourth-order valence-electron chi connectivity index (χ4n) is 3.72. The second-order valence-electron chi connectivity index (χ2n) is 7.19. The maximum atomic E-state index is 13.0. The van der Waals surface area contributed by atoms with Gasteiger partial charge in [-0.3, -0.25) is 4.79 Å². The minimum atomic E-state index is -0.458. The largest absolute Gasteiger partial charge is 0.399 e. The van der Waals surface area contributed by atoms with E-state index in [2.05, 4.69) is 0 Å². The van der Waals surface area contributed by atoms with Gasteiger partial charge in [0.2, 0.25) is 0 Å². The lowest BCUT2D eigenvalue weighted by Crippen LogP contribution is -2.49. The highest BCUT2D eigenvalue weighted by molar-refractivity contribution is 5.91. The van der Waals surface area contributed by atoms with Crippen molar-refractivity contribution in [2.45, 2.75) is 57.0 Å². The molecule has 3 nitrogen and oxygen atoms in total. The van der Waals surface area contributed by atoms with Crippen molar-refractivity contribution in [3.8, 4) is 0 Å². The van der Waals surface area contributed by atoms with Crippen LogP contribution < -0.4 is 5.73 Å². The van der Waals surface area contributed by atoms with Gasteiger partial charge in [-0.25, -0.2) is 0 Å². The average molecular weight is 287 g/mol. The van der Waals surface area contributed by atoms with Gasteiger partial charge in [0, 0.05) is 23.6 Å². The number of Topliss-reactive ketones (excluding diaryl/α,β-unsaturated/α-hetero) is 1. The van der Waals surface area contributed by atoms with E-state index in [9.17, 15) is 4.79 Å². The standard InChI is InChI=1S/C18H25NO2/c1-17(2,14-4-6-15(19)7-5-14)16(20)13-8-11-21-18(12-13)9-3-10-18/h4-7,13H,3,8-12,19H2,1-2H3. The van der Waals surface area contributed by atoms with Gasteiger partial charge in [0.05, 0.1) is 5.60 Å². The number of anilines is 1. The number of ketones is 1. The predicted molar refractivity (Wildman–Crippen MR) is 84.1 cm³/mol. The highest BCUT2D eigenvalue weighted by Gasteiger charge is 2.46. The topological polar surface area (TPSA) is 52.3 Å². The number of hydrogen-bond donors (Lipinski definition) is 1. The summed E-state index contributed by atoms with van der Waals surface area (Å²) < 4.78 is 5.95. The molecule has 2 N–H and O–H groups in total. The highest BCUT2D eigenvalue weighted by atomic mass is 16.5. The van der Waals surface area contributed by atoms with Gasteiger partial charge in [0.25, 0.3) is 0 Å². The number of hydrogen-bond acceptors (Lipinski definition) is 3. The third kappa shape index (κ3) is 2.59. The molecule has 0 aromatic heterocycles. The van der Waals surface area contributed by atoms with Crippen molar-refractivity contribution >= 4 is 11.5 Å². The monoisotopic (exact) mass is 287 g/mol. The van der Waals surface area contributed by atoms with Gasteiger partial charge in [0.15, 0.2) is 0 Å². The molecule has 2 fully saturated rings. The summed E-state index contributed by atoms with van der Waals surface area (Å²) in [7, 11) is 0. The molecular formula is C18H25NO2. The van der Waals surface area contributed by atoms with Crippen LogP contribution in [0, 0.1) is 5.92 Å². The molecule has 21 heavy (non-hydrogen) atoms. The Labute approximate surface area is 126 Å². The Morgan fingerprint density at radius 2 is 1.95 bits per heavy atom. The Bertz CT molecular complexity index is 529. The first-order valence-corrected chi connectivity index (χ1v) is 7.97. The Morgan fingerprint density at radius 3 is 2.52 bits per heavy atom. The first kappa shape index (κ1) is 14.6. The second-order valence-corrected chi connectivity index (χ2v) is 7.19. The number of nitrogens with two attached hydrogens (primary N) is 1. The predicted octanol–water partition coefficient (Wildman–Crippen LogP) is 3.46. The lowest BCUT2D eigenvalue weighted by atomic mass is 9.67. The summed E-state index contributed by atoms with van der Waals surface area (Å²) in [6.45, 7) is 4.79. The number of benzene rings is 1. The van der Waals surface area contributed by atoms with E-state index in [4.69, 9.17) is 10.5 Å². The molecule has 1 aliphatic heterocycles. The molecule has 1 aromatic carbocycles. The van der Waals surface area contributed by atoms with Crippen molar-refractivity contribution in [2.24, 2.45) is 5.92 Å². The van der Waals surface area contributed by atoms with Crippen LogP contribution in [0.2, 0.25) is 0 Å². The van der Waals surface area contributed by atoms with Crippen molar-refractivity contribution < 1.29 is 9.53 Å². The maximum absolute atomic E-state index is 13.0. The Hall–Kier alpha value is -1.35. The van der Waals surface area contributed by atoms with Crippen LogP contribution in [0.25, 0.3) is 0 Å². The van der Waals surface area contributed by atoms with Crippen molar-refractivity contribution in [1.82, 2.24) is 0 Å². The van der Waals surface area contributed by atoms with Gasteiger partial charge in [-0.1, -0.05) is 12.1 Å². The molecule has 1 saturated carbocycles. The van der Waals surface area contributed by atoms with E-state index in [0.29, 0.717) is 5.78 Å². The fraction of sp³-hybridized carbons (Fsp3) is 0.611. The van der Waals surface area contributed by atoms with E-state index >= 15 is 0 Å². The molecule has 1 unspecified atom stereocenters. The molecule has 0 bridgehead atoms. The van der Waals surface area contributed by atoms with Crippen LogP contribution in [-0.2, 0) is 14.9 Å². The van der Waals surface area contributed by atoms with Crippen molar-refractivity contribution in [3.63, 3.8) is 0 Å². The number of carbonyl (C=O) groups is 1. The lowest BCUT2D eigenvalue weighted by molar-refractivity contribution is -0.158. The van der Waals surface area contributed by atoms with E-state index in [-0.39, 0.29) is 11.5 Å². The maximum Gasteiger partial charge on any atom is 0.146 e. The molecule has 1 saturated heterocycles. The third-order valence-electron chi connectivity index (χ3n) is 5.38. The summed E-state index contributed by atoms with van der Waals surface area (Å²) in [5.41, 5.74) is 7.10. The van der Waals surface area contributed by atoms with E-state index in [0.717, 1.165) is 43.5 Å². The van der Waals surface area contributed by atoms with Gasteiger partial charge >= 0.3 is 0 Å². The quantitative estimate of drug-likeness (QED) is 0.866. The van der Waals surface area contributed by atoms with Gasteiger partial charge in [-0.2, -0.15) is 0 Å². The number of carbonyl (C=O) groups excluding carboxylic acids is 1. The molecule has 3 heteroatoms. The van der Waals surface area contributed by atoms with Crippen molar-refractivity contribution in [1.29, 1.82) is 0 Å². The number of ether oxygens (including phenoxy) is 1. The van der Waals surface area contributed by atoms with E-state index in [1.807, 2.05) is 38.1 Å². The fourth-order valence-corrected chi connectivity index (χ4v) is 3.72. The summed E-state index contributed by atoms with van der Waals surface area (Å²) in [5.74, 6) is 0.480. The second kappa shape index (κ2) is 5.13. The molecule has 3 rings (SSSR count). The van der Waals surface area contributed by atoms with Crippen LogP contribution in [0.15, 0.2) is 24.3 Å². The highest BCUT2D eigenvalue weighted by Crippen LogP contribution is 2.46. The van der Waals surface area contributed by atoms with E-state index < -0.39 is 5.41 Å². The molecule has 114 valence electrons. The third-order valence-corrected chi connectivity index (χ3v) is 5.38. The zero-order valence-electron chi connectivity index (χ0n) is 13.0. The van der Waals surface area contributed by atoms with Crippen LogP contribution in [-0.4, -0.2) is 18.0 Å². The van der Waals surface area contributed by atoms with Crippen molar-refractivity contribution in [2.75, 3.05) is 12.3 Å². The molecule has 2 aliphatic rings. The van der Waals surface area contributed by atoms with Gasteiger partial charge < -0.3 is 10.5 Å². The zero-order valence-corrected chi connectivity index (χ0v) is 13.0. The zero-order chi connectivity index (χ0) is 15.1. The molecule has 0 amide bonds. The van der Waals surface area contributed by atoms with Crippen LogP contribution in [0.1, 0.15) is 51.5 Å². The Balaban J connectivity index is 1.78. The van der Waals surface area contributed by atoms with Gasteiger partial charge in [-0.15, -0.1) is 0 Å². The van der Waals surface area contributed by atoms with Crippen LogP contribution in [0.5, 0.6) is 0 Å². The smallest absolute Gasteiger partial charge is 0.146 e. The van der Waals surface area contributed by atoms with Crippen LogP contribution >= 0.6 is 0 Å². The first-order valence-electron chi connectivity index (χ1n) is 7.97. The minimum Gasteiger partial charge on any atom is -0.399 e. The molecule has 0 radical (unpaired) electrons. The molecule has 1 aromatic rings. The minimum absolute atomic E-state index is 0.0236. The summed E-state index contributed by atoms with van der Waals surface area (Å²) in [5, 5.41) is 0. The SMILES string of the molecule is CC(C)(C(=O)C1CCOC2(CCC2)C1)c1ccc(N)cc1. The van der Waals surface area contributed by atoms with E-state index in [1.54, 1.807) is 0 Å². The molecule has 1 spiro atoms. The van der Waals surface area contributed by atoms with E-state index in [1.165, 1.54) is 6.42 Å². The number of nitrogen functional groups attached to an aromatic ring is 1. The lowest BCUT2D eigenvalue weighted by Gasteiger charge is -2.47. The Kier molecular flexibility index (Phi) is 3.56. The molecule has 1 heterocycles.